The van der Waals surface area contributed by atoms with Crippen molar-refractivity contribution >= 4 is 57.2 Å². The first-order valence-electron chi connectivity index (χ1n) is 22.4. The number of unbranched alkanes of at least 4 members (excludes halogenated alkanes) is 4. The SMILES string of the molecule is CC(C)OC(=O)CCCCCOc1ccc2nc(-c3ccccc3)n(-c3ccc(Cl)cc3)c2c1.COC(=O)CCCCCOc1ccc2nc(-c3ccccc3)n(-c3ccc(Cl)cc3)c2c1. The molecule has 6 aromatic carbocycles. The van der Waals surface area contributed by atoms with Crippen molar-refractivity contribution in [3.05, 3.63) is 156 Å². The lowest BCUT2D eigenvalue weighted by molar-refractivity contribution is -0.147. The summed E-state index contributed by atoms with van der Waals surface area (Å²) in [6.45, 7) is 4.91. The smallest absolute Gasteiger partial charge is 0.306 e. The van der Waals surface area contributed by atoms with E-state index < -0.39 is 0 Å². The molecule has 0 aliphatic rings. The van der Waals surface area contributed by atoms with Crippen molar-refractivity contribution in [3.63, 3.8) is 0 Å². The maximum absolute atomic E-state index is 11.6. The summed E-state index contributed by atoms with van der Waals surface area (Å²) in [5.41, 5.74) is 7.75. The molecule has 0 aliphatic carbocycles. The van der Waals surface area contributed by atoms with E-state index in [1.165, 1.54) is 7.11 Å². The molecular weight excluding hydrogens is 872 g/mol. The largest absolute Gasteiger partial charge is 0.494 e. The van der Waals surface area contributed by atoms with Gasteiger partial charge >= 0.3 is 11.9 Å². The number of imidazole rings is 2. The van der Waals surface area contributed by atoms with E-state index in [0.717, 1.165) is 106 Å². The van der Waals surface area contributed by atoms with Crippen LogP contribution in [0.1, 0.15) is 65.2 Å². The Morgan fingerprint density at radius 2 is 0.955 bits per heavy atom. The second kappa shape index (κ2) is 23.5. The lowest BCUT2D eigenvalue weighted by Crippen LogP contribution is -2.11. The van der Waals surface area contributed by atoms with Crippen LogP contribution >= 0.6 is 23.2 Å². The van der Waals surface area contributed by atoms with E-state index in [0.29, 0.717) is 36.1 Å². The zero-order valence-electron chi connectivity index (χ0n) is 37.5. The molecule has 2 heterocycles. The first kappa shape index (κ1) is 47.3. The molecule has 340 valence electrons. The predicted octanol–water partition coefficient (Wildman–Crippen LogP) is 13.7. The molecule has 0 spiro atoms. The summed E-state index contributed by atoms with van der Waals surface area (Å²) in [5.74, 6) is 3.01. The predicted molar refractivity (Wildman–Crippen MR) is 264 cm³/mol. The van der Waals surface area contributed by atoms with Gasteiger partial charge in [0.15, 0.2) is 0 Å². The van der Waals surface area contributed by atoms with E-state index in [1.807, 2.05) is 135 Å². The summed E-state index contributed by atoms with van der Waals surface area (Å²) in [7, 11) is 1.42. The third-order valence-electron chi connectivity index (χ3n) is 10.7. The Bertz CT molecular complexity index is 2810. The first-order chi connectivity index (χ1) is 32.2. The highest BCUT2D eigenvalue weighted by Gasteiger charge is 2.17. The van der Waals surface area contributed by atoms with Crippen LogP contribution in [0.15, 0.2) is 146 Å². The zero-order valence-corrected chi connectivity index (χ0v) is 39.0. The fourth-order valence-electron chi connectivity index (χ4n) is 7.45. The minimum Gasteiger partial charge on any atom is -0.494 e. The van der Waals surface area contributed by atoms with Gasteiger partial charge in [-0.25, -0.2) is 9.97 Å². The zero-order chi connectivity index (χ0) is 46.3. The third-order valence-corrected chi connectivity index (χ3v) is 11.2. The number of aromatic nitrogens is 4. The Hall–Kier alpha value is -6.62. The van der Waals surface area contributed by atoms with Gasteiger partial charge in [0.25, 0.3) is 0 Å². The summed E-state index contributed by atoms with van der Waals surface area (Å²) in [5, 5.41) is 1.38. The van der Waals surface area contributed by atoms with E-state index in [1.54, 1.807) is 0 Å². The highest BCUT2D eigenvalue weighted by molar-refractivity contribution is 6.30. The molecule has 8 aromatic rings. The van der Waals surface area contributed by atoms with Crippen LogP contribution < -0.4 is 9.47 Å². The van der Waals surface area contributed by atoms with E-state index in [-0.39, 0.29) is 18.0 Å². The van der Waals surface area contributed by atoms with Gasteiger partial charge in [-0.2, -0.15) is 0 Å². The topological polar surface area (TPSA) is 107 Å². The maximum atomic E-state index is 11.6. The summed E-state index contributed by atoms with van der Waals surface area (Å²) < 4.78 is 26.1. The molecular formula is C54H54Cl2N4O6. The van der Waals surface area contributed by atoms with E-state index >= 15 is 0 Å². The van der Waals surface area contributed by atoms with Gasteiger partial charge in [0.1, 0.15) is 23.1 Å². The van der Waals surface area contributed by atoms with Crippen molar-refractivity contribution in [1.82, 2.24) is 19.1 Å². The number of halogens is 2. The van der Waals surface area contributed by atoms with Gasteiger partial charge in [0, 0.05) is 57.5 Å². The number of fused-ring (bicyclic) bond motifs is 2. The van der Waals surface area contributed by atoms with Gasteiger partial charge in [-0.15, -0.1) is 0 Å². The van der Waals surface area contributed by atoms with Gasteiger partial charge in [0.2, 0.25) is 0 Å². The van der Waals surface area contributed by atoms with Crippen molar-refractivity contribution in [2.24, 2.45) is 0 Å². The molecule has 0 unspecified atom stereocenters. The number of esters is 2. The minimum atomic E-state index is -0.166. The average Bonchev–Trinajstić information content (AvgIpc) is 3.91. The quantitative estimate of drug-likeness (QED) is 0.0583. The van der Waals surface area contributed by atoms with Crippen LogP contribution in [-0.2, 0) is 19.1 Å². The Labute approximate surface area is 396 Å². The molecule has 0 saturated carbocycles. The van der Waals surface area contributed by atoms with E-state index in [4.69, 9.17) is 47.4 Å². The highest BCUT2D eigenvalue weighted by Crippen LogP contribution is 2.33. The van der Waals surface area contributed by atoms with Crippen LogP contribution in [0, 0.1) is 0 Å². The Morgan fingerprint density at radius 1 is 0.530 bits per heavy atom. The molecule has 0 atom stereocenters. The molecule has 66 heavy (non-hydrogen) atoms. The molecule has 0 amide bonds. The molecule has 2 aromatic heterocycles. The van der Waals surface area contributed by atoms with Crippen LogP contribution in [0.4, 0.5) is 0 Å². The van der Waals surface area contributed by atoms with E-state index in [9.17, 15) is 9.59 Å². The minimum absolute atomic E-state index is 0.0607. The first-order valence-corrected chi connectivity index (χ1v) is 23.1. The number of ether oxygens (including phenoxy) is 4. The van der Waals surface area contributed by atoms with Gasteiger partial charge in [-0.3, -0.25) is 18.7 Å². The molecule has 0 aliphatic heterocycles. The second-order valence-electron chi connectivity index (χ2n) is 16.0. The lowest BCUT2D eigenvalue weighted by Gasteiger charge is -2.11. The number of hydrogen-bond acceptors (Lipinski definition) is 8. The third kappa shape index (κ3) is 12.8. The molecule has 0 N–H and O–H groups in total. The number of carbonyl (C=O) groups excluding carboxylic acids is 2. The number of carbonyl (C=O) groups is 2. The number of rotatable bonds is 19. The van der Waals surface area contributed by atoms with Crippen molar-refractivity contribution in [2.75, 3.05) is 20.3 Å². The van der Waals surface area contributed by atoms with Crippen LogP contribution in [0.3, 0.4) is 0 Å². The number of benzene rings is 6. The van der Waals surface area contributed by atoms with Crippen LogP contribution in [-0.4, -0.2) is 57.5 Å². The maximum Gasteiger partial charge on any atom is 0.306 e. The summed E-state index contributed by atoms with van der Waals surface area (Å²) in [6.07, 6.45) is 6.02. The van der Waals surface area contributed by atoms with Crippen molar-refractivity contribution < 1.29 is 28.5 Å². The highest BCUT2D eigenvalue weighted by atomic mass is 35.5. The molecule has 0 bridgehead atoms. The van der Waals surface area contributed by atoms with Crippen molar-refractivity contribution in [3.8, 4) is 45.6 Å². The van der Waals surface area contributed by atoms with Crippen molar-refractivity contribution in [1.29, 1.82) is 0 Å². The van der Waals surface area contributed by atoms with Gasteiger partial charge in [-0.05, 0) is 125 Å². The lowest BCUT2D eigenvalue weighted by atomic mass is 10.2. The Balaban J connectivity index is 0.000000197. The fourth-order valence-corrected chi connectivity index (χ4v) is 7.71. The van der Waals surface area contributed by atoms with Gasteiger partial charge in [0.05, 0.1) is 48.5 Å². The van der Waals surface area contributed by atoms with Crippen molar-refractivity contribution in [2.45, 2.75) is 71.3 Å². The van der Waals surface area contributed by atoms with Crippen LogP contribution in [0.2, 0.25) is 10.0 Å². The standard InChI is InChI=1S/C28H29ClN2O3.C26H25ClN2O3/c1-20(2)34-27(32)11-7-4-8-18-33-24-16-17-25-26(19-24)31(23-14-12-22(29)13-15-23)28(30-25)21-9-5-3-6-10-21;1-31-25(30)10-6-3-7-17-32-22-15-16-23-24(18-22)29(21-13-11-20(27)12-14-21)26(28-23)19-8-4-2-5-9-19/h3,5-6,9-10,12-17,19-20H,4,7-8,11,18H2,1-2H3;2,4-5,8-9,11-16,18H,3,6-7,10,17H2,1H3. The summed E-state index contributed by atoms with van der Waals surface area (Å²) in [4.78, 5) is 32.6. The summed E-state index contributed by atoms with van der Waals surface area (Å²) in [6, 6.07) is 47.7. The Kier molecular flexibility index (Phi) is 16.9. The summed E-state index contributed by atoms with van der Waals surface area (Å²) >= 11 is 12.3. The molecule has 0 radical (unpaired) electrons. The fraction of sp³-hybridized carbons (Fsp3) is 0.259. The number of hydrogen-bond donors (Lipinski definition) is 0. The van der Waals surface area contributed by atoms with Crippen LogP contribution in [0.5, 0.6) is 11.5 Å². The average molecular weight is 926 g/mol. The molecule has 12 heteroatoms. The van der Waals surface area contributed by atoms with E-state index in [2.05, 4.69) is 38.1 Å². The Morgan fingerprint density at radius 3 is 1.36 bits per heavy atom. The number of methoxy groups -OCH3 is 1. The molecule has 0 fully saturated rings. The molecule has 8 rings (SSSR count). The molecule has 10 nitrogen and oxygen atoms in total. The second-order valence-corrected chi connectivity index (χ2v) is 16.8. The monoisotopic (exact) mass is 924 g/mol. The normalized spacial score (nSPS) is 11.1. The molecule has 0 saturated heterocycles. The van der Waals surface area contributed by atoms with Gasteiger partial charge in [-0.1, -0.05) is 83.9 Å². The van der Waals surface area contributed by atoms with Crippen LogP contribution in [0.25, 0.3) is 56.2 Å². The van der Waals surface area contributed by atoms with Gasteiger partial charge < -0.3 is 18.9 Å². The number of nitrogens with zero attached hydrogens (tertiary/aromatic N) is 4.